The van der Waals surface area contributed by atoms with E-state index in [2.05, 4.69) is 41.4 Å². The summed E-state index contributed by atoms with van der Waals surface area (Å²) in [4.78, 5) is 6.19. The maximum absolute atomic E-state index is 5.77. The number of benzene rings is 4. The van der Waals surface area contributed by atoms with Crippen molar-refractivity contribution < 1.29 is 4.42 Å². The zero-order valence-corrected chi connectivity index (χ0v) is 18.2. The summed E-state index contributed by atoms with van der Waals surface area (Å²) in [5, 5.41) is 9.65. The Hall–Kier alpha value is -4.77. The quantitative estimate of drug-likeness (QED) is 0.292. The molecule has 0 bridgehead atoms. The highest BCUT2D eigenvalue weighted by Crippen LogP contribution is 2.30. The van der Waals surface area contributed by atoms with Crippen LogP contribution in [-0.4, -0.2) is 20.0 Å². The van der Waals surface area contributed by atoms with Crippen LogP contribution in [0, 0.1) is 0 Å². The van der Waals surface area contributed by atoms with Crippen LogP contribution < -0.4 is 0 Å². The Labute approximate surface area is 196 Å². The predicted molar refractivity (Wildman–Crippen MR) is 135 cm³/mol. The second-order valence-corrected chi connectivity index (χ2v) is 7.86. The van der Waals surface area contributed by atoms with Gasteiger partial charge in [-0.25, -0.2) is 4.98 Å². The molecular formula is C29H20N4O. The van der Waals surface area contributed by atoms with Crippen molar-refractivity contribution in [3.8, 4) is 28.2 Å². The summed E-state index contributed by atoms with van der Waals surface area (Å²) in [6, 6.07) is 36.1. The largest absolute Gasteiger partial charge is 0.437 e. The summed E-state index contributed by atoms with van der Waals surface area (Å²) >= 11 is 0. The van der Waals surface area contributed by atoms with Gasteiger partial charge < -0.3 is 4.42 Å². The zero-order valence-electron chi connectivity index (χ0n) is 18.2. The topological polar surface area (TPSA) is 56.7 Å². The van der Waals surface area contributed by atoms with Crippen LogP contribution >= 0.6 is 0 Å². The Bertz CT molecular complexity index is 1550. The highest BCUT2D eigenvalue weighted by molar-refractivity contribution is 5.79. The molecule has 6 rings (SSSR count). The van der Waals surface area contributed by atoms with Gasteiger partial charge in [-0.3, -0.25) is 0 Å². The number of para-hydroxylation sites is 3. The zero-order chi connectivity index (χ0) is 22.7. The molecule has 0 saturated carbocycles. The molecule has 5 nitrogen and oxygen atoms in total. The van der Waals surface area contributed by atoms with Crippen molar-refractivity contribution in [2.24, 2.45) is 0 Å². The third-order valence-corrected chi connectivity index (χ3v) is 5.56. The molecule has 162 valence electrons. The van der Waals surface area contributed by atoms with Gasteiger partial charge in [-0.15, -0.1) is 10.2 Å². The average molecular weight is 441 g/mol. The van der Waals surface area contributed by atoms with E-state index in [4.69, 9.17) is 14.6 Å². The van der Waals surface area contributed by atoms with Crippen molar-refractivity contribution in [3.05, 3.63) is 121 Å². The Morgan fingerprint density at radius 2 is 1.21 bits per heavy atom. The van der Waals surface area contributed by atoms with Crippen molar-refractivity contribution in [2.45, 2.75) is 0 Å². The summed E-state index contributed by atoms with van der Waals surface area (Å²) < 4.78 is 5.77. The molecule has 5 heteroatoms. The lowest BCUT2D eigenvalue weighted by atomic mass is 10.0. The lowest BCUT2D eigenvalue weighted by Gasteiger charge is -2.02. The molecule has 2 aromatic heterocycles. The van der Waals surface area contributed by atoms with Crippen molar-refractivity contribution in [1.82, 2.24) is 20.0 Å². The fraction of sp³-hybridized carbons (Fsp3) is 0. The normalized spacial score (nSPS) is 11.4. The minimum absolute atomic E-state index is 0.586. The van der Waals surface area contributed by atoms with Crippen LogP contribution in [0.4, 0.5) is 0 Å². The molecule has 0 aliphatic heterocycles. The van der Waals surface area contributed by atoms with Crippen molar-refractivity contribution in [1.29, 1.82) is 0 Å². The second kappa shape index (κ2) is 8.64. The number of rotatable bonds is 5. The van der Waals surface area contributed by atoms with Gasteiger partial charge in [0.15, 0.2) is 5.58 Å². The smallest absolute Gasteiger partial charge is 0.220 e. The summed E-state index contributed by atoms with van der Waals surface area (Å²) in [5.41, 5.74) is 7.31. The number of nitrogens with zero attached hydrogens (tertiary/aromatic N) is 4. The first-order chi connectivity index (χ1) is 16.8. The van der Waals surface area contributed by atoms with E-state index in [0.29, 0.717) is 5.89 Å². The average Bonchev–Trinajstić information content (AvgIpc) is 3.54. The Morgan fingerprint density at radius 1 is 0.588 bits per heavy atom. The number of hydrogen-bond donors (Lipinski definition) is 0. The molecular weight excluding hydrogens is 420 g/mol. The van der Waals surface area contributed by atoms with Crippen molar-refractivity contribution >= 4 is 23.3 Å². The van der Waals surface area contributed by atoms with E-state index >= 15 is 0 Å². The fourth-order valence-corrected chi connectivity index (χ4v) is 3.85. The molecule has 0 N–H and O–H groups in total. The predicted octanol–water partition coefficient (Wildman–Crippen LogP) is 6.91. The Kier molecular flexibility index (Phi) is 5.05. The number of hydrogen-bond acceptors (Lipinski definition) is 4. The molecule has 0 aliphatic carbocycles. The van der Waals surface area contributed by atoms with E-state index in [-0.39, 0.29) is 0 Å². The SMILES string of the molecule is C(=Cc1nc2ccccc2o1)c1ccc(-c2nn(-c3ccccc3)nc2-c2ccccc2)cc1. The summed E-state index contributed by atoms with van der Waals surface area (Å²) in [6.07, 6.45) is 3.88. The van der Waals surface area contributed by atoms with Crippen LogP contribution in [0.1, 0.15) is 11.5 Å². The highest BCUT2D eigenvalue weighted by atomic mass is 16.3. The standard InChI is InChI=1S/C29H20N4O/c1-3-9-22(10-4-1)28-29(32-33(31-28)24-11-5-2-6-12-24)23-18-15-21(16-19-23)17-20-27-30-25-13-7-8-14-26(25)34-27/h1-20H. The molecule has 0 radical (unpaired) electrons. The molecule has 6 aromatic rings. The number of oxazole rings is 1. The number of aromatic nitrogens is 4. The monoisotopic (exact) mass is 440 g/mol. The van der Waals surface area contributed by atoms with E-state index in [1.807, 2.05) is 84.9 Å². The molecule has 0 atom stereocenters. The van der Waals surface area contributed by atoms with Crippen molar-refractivity contribution in [3.63, 3.8) is 0 Å². The van der Waals surface area contributed by atoms with Gasteiger partial charge in [-0.1, -0.05) is 84.9 Å². The third-order valence-electron chi connectivity index (χ3n) is 5.56. The minimum Gasteiger partial charge on any atom is -0.437 e. The molecule has 0 unspecified atom stereocenters. The van der Waals surface area contributed by atoms with Crippen LogP contribution in [-0.2, 0) is 0 Å². The lowest BCUT2D eigenvalue weighted by Crippen LogP contribution is -1.98. The van der Waals surface area contributed by atoms with Crippen LogP contribution in [0.2, 0.25) is 0 Å². The van der Waals surface area contributed by atoms with Gasteiger partial charge in [-0.05, 0) is 35.9 Å². The Balaban J connectivity index is 1.33. The summed E-state index contributed by atoms with van der Waals surface area (Å²) in [5.74, 6) is 0.586. The van der Waals surface area contributed by atoms with Gasteiger partial charge in [0.05, 0.1) is 5.69 Å². The molecule has 0 saturated heterocycles. The Morgan fingerprint density at radius 3 is 1.91 bits per heavy atom. The van der Waals surface area contributed by atoms with Crippen LogP contribution in [0.5, 0.6) is 0 Å². The molecule has 34 heavy (non-hydrogen) atoms. The van der Waals surface area contributed by atoms with E-state index < -0.39 is 0 Å². The third kappa shape index (κ3) is 3.91. The van der Waals surface area contributed by atoms with E-state index in [1.54, 1.807) is 4.80 Å². The maximum Gasteiger partial charge on any atom is 0.220 e. The van der Waals surface area contributed by atoms with Gasteiger partial charge in [0, 0.05) is 17.2 Å². The second-order valence-electron chi connectivity index (χ2n) is 7.86. The molecule has 0 fully saturated rings. The van der Waals surface area contributed by atoms with E-state index in [0.717, 1.165) is 44.9 Å². The summed E-state index contributed by atoms with van der Waals surface area (Å²) in [7, 11) is 0. The van der Waals surface area contributed by atoms with E-state index in [9.17, 15) is 0 Å². The van der Waals surface area contributed by atoms with E-state index in [1.165, 1.54) is 0 Å². The first-order valence-corrected chi connectivity index (χ1v) is 11.1. The van der Waals surface area contributed by atoms with Crippen LogP contribution in [0.15, 0.2) is 114 Å². The maximum atomic E-state index is 5.77. The van der Waals surface area contributed by atoms with Crippen LogP contribution in [0.3, 0.4) is 0 Å². The van der Waals surface area contributed by atoms with Gasteiger partial charge in [0.2, 0.25) is 5.89 Å². The lowest BCUT2D eigenvalue weighted by molar-refractivity contribution is 0.590. The fourth-order valence-electron chi connectivity index (χ4n) is 3.85. The van der Waals surface area contributed by atoms with Crippen molar-refractivity contribution in [2.75, 3.05) is 0 Å². The summed E-state index contributed by atoms with van der Waals surface area (Å²) in [6.45, 7) is 0. The highest BCUT2D eigenvalue weighted by Gasteiger charge is 2.16. The first-order valence-electron chi connectivity index (χ1n) is 11.1. The molecule has 0 spiro atoms. The first kappa shape index (κ1) is 19.9. The van der Waals surface area contributed by atoms with Crippen LogP contribution in [0.25, 0.3) is 51.5 Å². The number of fused-ring (bicyclic) bond motifs is 1. The molecule has 0 amide bonds. The van der Waals surface area contributed by atoms with Gasteiger partial charge in [-0.2, -0.15) is 4.80 Å². The van der Waals surface area contributed by atoms with Gasteiger partial charge in [0.1, 0.15) is 16.9 Å². The van der Waals surface area contributed by atoms with Gasteiger partial charge in [0.25, 0.3) is 0 Å². The molecule has 0 aliphatic rings. The van der Waals surface area contributed by atoms with Gasteiger partial charge >= 0.3 is 0 Å². The minimum atomic E-state index is 0.586. The molecule has 4 aromatic carbocycles. The molecule has 2 heterocycles.